The van der Waals surface area contributed by atoms with E-state index in [1.807, 2.05) is 0 Å². The van der Waals surface area contributed by atoms with Crippen LogP contribution in [0.1, 0.15) is 39.5 Å². The van der Waals surface area contributed by atoms with Crippen molar-refractivity contribution in [3.63, 3.8) is 0 Å². The predicted molar refractivity (Wildman–Crippen MR) is 85.9 cm³/mol. The maximum atomic E-state index is 5.56. The van der Waals surface area contributed by atoms with Crippen LogP contribution in [0.2, 0.25) is 0 Å². The van der Waals surface area contributed by atoms with Gasteiger partial charge in [0.25, 0.3) is 0 Å². The zero-order valence-electron chi connectivity index (χ0n) is 14.2. The van der Waals surface area contributed by atoms with Crippen LogP contribution in [-0.2, 0) is 18.9 Å². The van der Waals surface area contributed by atoms with Gasteiger partial charge in [0.05, 0.1) is 39.6 Å². The molecule has 0 saturated heterocycles. The van der Waals surface area contributed by atoms with Crippen molar-refractivity contribution in [2.75, 3.05) is 59.9 Å². The highest BCUT2D eigenvalue weighted by atomic mass is 16.6. The van der Waals surface area contributed by atoms with E-state index in [9.17, 15) is 0 Å². The number of nitrogens with one attached hydrogen (secondary N) is 1. The van der Waals surface area contributed by atoms with E-state index in [0.29, 0.717) is 45.7 Å². The average Bonchev–Trinajstić information content (AvgIpc) is 2.51. The van der Waals surface area contributed by atoms with Crippen molar-refractivity contribution in [2.24, 2.45) is 0 Å². The summed E-state index contributed by atoms with van der Waals surface area (Å²) in [5, 5.41) is 3.56. The Kier molecular flexibility index (Phi) is 17.7. The lowest BCUT2D eigenvalue weighted by atomic mass is 10.1. The Morgan fingerprint density at radius 1 is 0.810 bits per heavy atom. The molecule has 0 spiro atoms. The van der Waals surface area contributed by atoms with E-state index in [4.69, 9.17) is 18.9 Å². The van der Waals surface area contributed by atoms with Crippen molar-refractivity contribution >= 4 is 0 Å². The normalized spacial score (nSPS) is 12.7. The van der Waals surface area contributed by atoms with Gasteiger partial charge in [-0.1, -0.05) is 13.8 Å². The molecule has 128 valence electrons. The zero-order chi connectivity index (χ0) is 15.6. The molecule has 0 aliphatic heterocycles. The van der Waals surface area contributed by atoms with E-state index in [2.05, 4.69) is 19.2 Å². The van der Waals surface area contributed by atoms with Gasteiger partial charge in [0.2, 0.25) is 0 Å². The standard InChI is InChI=1S/C16H35NO4/c1-4-8-17-16(5-2)7-6-9-19-12-13-21-15-14-20-11-10-18-3/h16-17H,4-15H2,1-3H3. The van der Waals surface area contributed by atoms with Gasteiger partial charge in [-0.3, -0.25) is 0 Å². The lowest BCUT2D eigenvalue weighted by Gasteiger charge is -2.16. The van der Waals surface area contributed by atoms with Gasteiger partial charge >= 0.3 is 0 Å². The first-order valence-electron chi connectivity index (χ1n) is 8.30. The Labute approximate surface area is 130 Å². The summed E-state index contributed by atoms with van der Waals surface area (Å²) >= 11 is 0. The molecule has 5 nitrogen and oxygen atoms in total. The maximum absolute atomic E-state index is 5.56. The minimum Gasteiger partial charge on any atom is -0.382 e. The molecular formula is C16H35NO4. The van der Waals surface area contributed by atoms with E-state index >= 15 is 0 Å². The average molecular weight is 305 g/mol. The van der Waals surface area contributed by atoms with E-state index in [1.165, 1.54) is 19.3 Å². The van der Waals surface area contributed by atoms with E-state index in [1.54, 1.807) is 7.11 Å². The minimum absolute atomic E-state index is 0.616. The Hall–Kier alpha value is -0.200. The van der Waals surface area contributed by atoms with Crippen LogP contribution in [0.3, 0.4) is 0 Å². The van der Waals surface area contributed by atoms with Crippen LogP contribution in [0.5, 0.6) is 0 Å². The molecule has 1 atom stereocenters. The third-order valence-corrected chi connectivity index (χ3v) is 3.19. The van der Waals surface area contributed by atoms with E-state index in [-0.39, 0.29) is 0 Å². The van der Waals surface area contributed by atoms with Crippen molar-refractivity contribution in [3.05, 3.63) is 0 Å². The first-order chi connectivity index (χ1) is 10.3. The molecule has 0 aromatic heterocycles. The van der Waals surface area contributed by atoms with Gasteiger partial charge in [0.15, 0.2) is 0 Å². The molecule has 21 heavy (non-hydrogen) atoms. The van der Waals surface area contributed by atoms with E-state index in [0.717, 1.165) is 19.6 Å². The lowest BCUT2D eigenvalue weighted by Crippen LogP contribution is -2.29. The lowest BCUT2D eigenvalue weighted by molar-refractivity contribution is 0.00308. The molecule has 0 aliphatic carbocycles. The van der Waals surface area contributed by atoms with Crippen molar-refractivity contribution in [2.45, 2.75) is 45.6 Å². The van der Waals surface area contributed by atoms with Crippen molar-refractivity contribution in [1.29, 1.82) is 0 Å². The first kappa shape index (κ1) is 20.8. The first-order valence-corrected chi connectivity index (χ1v) is 8.30. The molecule has 0 amide bonds. The molecule has 0 saturated carbocycles. The molecule has 0 heterocycles. The molecule has 0 bridgehead atoms. The van der Waals surface area contributed by atoms with Crippen LogP contribution in [-0.4, -0.2) is 65.9 Å². The highest BCUT2D eigenvalue weighted by Crippen LogP contribution is 2.02. The quantitative estimate of drug-likeness (QED) is 0.418. The molecule has 0 aliphatic rings. The van der Waals surface area contributed by atoms with E-state index < -0.39 is 0 Å². The summed E-state index contributed by atoms with van der Waals surface area (Å²) in [7, 11) is 1.67. The van der Waals surface area contributed by atoms with Crippen LogP contribution in [0.15, 0.2) is 0 Å². The van der Waals surface area contributed by atoms with Gasteiger partial charge in [-0.25, -0.2) is 0 Å². The minimum atomic E-state index is 0.616. The van der Waals surface area contributed by atoms with Gasteiger partial charge in [-0.05, 0) is 32.2 Å². The Balaban J connectivity index is 3.14. The van der Waals surface area contributed by atoms with Crippen LogP contribution >= 0.6 is 0 Å². The summed E-state index contributed by atoms with van der Waals surface area (Å²) < 4.78 is 21.2. The fourth-order valence-corrected chi connectivity index (χ4v) is 1.91. The molecular weight excluding hydrogens is 270 g/mol. The van der Waals surface area contributed by atoms with Crippen molar-refractivity contribution in [3.8, 4) is 0 Å². The number of rotatable bonds is 17. The van der Waals surface area contributed by atoms with Crippen LogP contribution < -0.4 is 5.32 Å². The topological polar surface area (TPSA) is 49.0 Å². The summed E-state index contributed by atoms with van der Waals surface area (Å²) in [4.78, 5) is 0. The number of hydrogen-bond donors (Lipinski definition) is 1. The Morgan fingerprint density at radius 3 is 1.90 bits per heavy atom. The number of ether oxygens (including phenoxy) is 4. The summed E-state index contributed by atoms with van der Waals surface area (Å²) in [6.07, 6.45) is 4.67. The largest absolute Gasteiger partial charge is 0.382 e. The molecule has 1 N–H and O–H groups in total. The summed E-state index contributed by atoms with van der Waals surface area (Å²) in [6.45, 7) is 10.2. The molecule has 0 radical (unpaired) electrons. The SMILES string of the molecule is CCCNC(CC)CCCOCCOCCOCCOC. The second-order valence-corrected chi connectivity index (χ2v) is 5.03. The molecule has 1 unspecified atom stereocenters. The second kappa shape index (κ2) is 17.9. The van der Waals surface area contributed by atoms with Crippen molar-refractivity contribution < 1.29 is 18.9 Å². The van der Waals surface area contributed by atoms with Gasteiger partial charge in [-0.15, -0.1) is 0 Å². The highest BCUT2D eigenvalue weighted by Gasteiger charge is 2.03. The smallest absolute Gasteiger partial charge is 0.0701 e. The van der Waals surface area contributed by atoms with Crippen LogP contribution in [0, 0.1) is 0 Å². The maximum Gasteiger partial charge on any atom is 0.0701 e. The van der Waals surface area contributed by atoms with Gasteiger partial charge < -0.3 is 24.3 Å². The summed E-state index contributed by atoms with van der Waals surface area (Å²) in [5.41, 5.74) is 0. The second-order valence-electron chi connectivity index (χ2n) is 5.03. The third kappa shape index (κ3) is 16.0. The summed E-state index contributed by atoms with van der Waals surface area (Å²) in [5.74, 6) is 0. The highest BCUT2D eigenvalue weighted by molar-refractivity contribution is 4.63. The number of methoxy groups -OCH3 is 1. The molecule has 0 fully saturated rings. The van der Waals surface area contributed by atoms with Crippen molar-refractivity contribution in [1.82, 2.24) is 5.32 Å². The van der Waals surface area contributed by atoms with Gasteiger partial charge in [-0.2, -0.15) is 0 Å². The molecule has 0 rings (SSSR count). The van der Waals surface area contributed by atoms with Crippen LogP contribution in [0.25, 0.3) is 0 Å². The van der Waals surface area contributed by atoms with Gasteiger partial charge in [0.1, 0.15) is 0 Å². The van der Waals surface area contributed by atoms with Gasteiger partial charge in [0, 0.05) is 19.8 Å². The molecule has 0 aromatic rings. The summed E-state index contributed by atoms with van der Waals surface area (Å²) in [6, 6.07) is 0.633. The van der Waals surface area contributed by atoms with Crippen LogP contribution in [0.4, 0.5) is 0 Å². The Morgan fingerprint density at radius 2 is 1.38 bits per heavy atom. The monoisotopic (exact) mass is 305 g/mol. The molecule has 0 aromatic carbocycles. The molecule has 5 heteroatoms. The Bertz CT molecular complexity index is 193. The fourth-order valence-electron chi connectivity index (χ4n) is 1.91. The zero-order valence-corrected chi connectivity index (χ0v) is 14.2. The fraction of sp³-hybridized carbons (Fsp3) is 1.00. The predicted octanol–water partition coefficient (Wildman–Crippen LogP) is 2.24. The number of hydrogen-bond acceptors (Lipinski definition) is 5. The third-order valence-electron chi connectivity index (χ3n) is 3.19.